The summed E-state index contributed by atoms with van der Waals surface area (Å²) in [4.78, 5) is 18.5. The maximum atomic E-state index is 12.6. The number of pyridine rings is 1. The van der Waals surface area contributed by atoms with Crippen molar-refractivity contribution in [2.75, 3.05) is 13.1 Å². The average molecular weight is 345 g/mol. The number of amides is 1. The third kappa shape index (κ3) is 3.99. The number of hydrogen-bond donors (Lipinski definition) is 1. The summed E-state index contributed by atoms with van der Waals surface area (Å²) in [5, 5.41) is 14.2. The van der Waals surface area contributed by atoms with Gasteiger partial charge in [0.15, 0.2) is 5.69 Å². The number of nitrogens with zero attached hydrogens (tertiary/aromatic N) is 3. The molecular formula is C18H23N3O4. The molecule has 7 heteroatoms. The molecule has 3 rings (SSSR count). The van der Waals surface area contributed by atoms with Crippen LogP contribution in [0.2, 0.25) is 0 Å². The Balaban J connectivity index is 1.66. The molecule has 0 spiro atoms. The van der Waals surface area contributed by atoms with E-state index in [2.05, 4.69) is 10.1 Å². The third-order valence-corrected chi connectivity index (χ3v) is 4.46. The van der Waals surface area contributed by atoms with Gasteiger partial charge in [-0.25, -0.2) is 0 Å². The van der Waals surface area contributed by atoms with Crippen molar-refractivity contribution < 1.29 is 19.2 Å². The molecule has 0 aliphatic carbocycles. The Kier molecular flexibility index (Phi) is 5.33. The fourth-order valence-electron chi connectivity index (χ4n) is 2.90. The van der Waals surface area contributed by atoms with E-state index >= 15 is 0 Å². The normalized spacial score (nSPS) is 21.0. The largest absolute Gasteiger partial charge is 0.486 e. The zero-order valence-electron chi connectivity index (χ0n) is 14.5. The minimum absolute atomic E-state index is 0.172. The Hall–Kier alpha value is -2.41. The van der Waals surface area contributed by atoms with Gasteiger partial charge in [-0.2, -0.15) is 0 Å². The molecule has 0 bridgehead atoms. The van der Waals surface area contributed by atoms with E-state index < -0.39 is 6.10 Å². The highest BCUT2D eigenvalue weighted by Crippen LogP contribution is 2.22. The lowest BCUT2D eigenvalue weighted by atomic mass is 10.1. The van der Waals surface area contributed by atoms with Crippen molar-refractivity contribution in [1.29, 1.82) is 0 Å². The van der Waals surface area contributed by atoms with E-state index in [1.807, 2.05) is 19.9 Å². The monoisotopic (exact) mass is 345 g/mol. The lowest BCUT2D eigenvalue weighted by molar-refractivity contribution is 0.0343. The number of aliphatic hydroxyl groups excluding tert-OH is 1. The lowest BCUT2D eigenvalue weighted by Gasteiger charge is -2.22. The standard InChI is InChI=1S/C18H23N3O4/c1-3-13-11-14(20-25-13)18(23)21-9-6-15(22)17(7-10-21)24-16-5-4-8-19-12(16)2/h4-5,8,11,15,17,22H,3,6-7,9-10H2,1-2H3/t15-,17-/m0/s1. The quantitative estimate of drug-likeness (QED) is 0.911. The highest BCUT2D eigenvalue weighted by Gasteiger charge is 2.30. The summed E-state index contributed by atoms with van der Waals surface area (Å²) in [5.74, 6) is 1.18. The van der Waals surface area contributed by atoms with Gasteiger partial charge < -0.3 is 19.3 Å². The molecule has 2 atom stereocenters. The first-order valence-electron chi connectivity index (χ1n) is 8.59. The van der Waals surface area contributed by atoms with Crippen LogP contribution < -0.4 is 4.74 Å². The summed E-state index contributed by atoms with van der Waals surface area (Å²) >= 11 is 0. The van der Waals surface area contributed by atoms with E-state index in [1.165, 1.54) is 0 Å². The molecule has 3 heterocycles. The minimum atomic E-state index is -0.638. The summed E-state index contributed by atoms with van der Waals surface area (Å²) in [6, 6.07) is 5.32. The van der Waals surface area contributed by atoms with Crippen LogP contribution >= 0.6 is 0 Å². The highest BCUT2D eigenvalue weighted by atomic mass is 16.5. The summed E-state index contributed by atoms with van der Waals surface area (Å²) in [6.45, 7) is 4.76. The van der Waals surface area contributed by atoms with Crippen LogP contribution in [-0.4, -0.2) is 51.4 Å². The first-order chi connectivity index (χ1) is 12.1. The van der Waals surface area contributed by atoms with Gasteiger partial charge in [0.2, 0.25) is 0 Å². The average Bonchev–Trinajstić information content (AvgIpc) is 3.03. The number of hydrogen-bond acceptors (Lipinski definition) is 6. The summed E-state index contributed by atoms with van der Waals surface area (Å²) in [6.07, 6.45) is 2.38. The van der Waals surface area contributed by atoms with Gasteiger partial charge in [0.25, 0.3) is 5.91 Å². The predicted octanol–water partition coefficient (Wildman–Crippen LogP) is 1.98. The molecule has 2 aromatic rings. The van der Waals surface area contributed by atoms with Crippen LogP contribution in [0.3, 0.4) is 0 Å². The van der Waals surface area contributed by atoms with Crippen LogP contribution in [0.15, 0.2) is 28.9 Å². The number of aliphatic hydroxyl groups is 1. The Bertz CT molecular complexity index is 731. The molecule has 0 unspecified atom stereocenters. The van der Waals surface area contributed by atoms with E-state index in [1.54, 1.807) is 23.2 Å². The van der Waals surface area contributed by atoms with Crippen LogP contribution in [0.1, 0.15) is 41.7 Å². The van der Waals surface area contributed by atoms with Crippen molar-refractivity contribution in [2.45, 2.75) is 45.3 Å². The van der Waals surface area contributed by atoms with E-state index in [0.29, 0.717) is 49.6 Å². The van der Waals surface area contributed by atoms with Gasteiger partial charge in [0, 0.05) is 38.2 Å². The van der Waals surface area contributed by atoms with Crippen molar-refractivity contribution in [2.24, 2.45) is 0 Å². The Morgan fingerprint density at radius 1 is 1.44 bits per heavy atom. The fraction of sp³-hybridized carbons (Fsp3) is 0.500. The number of aromatic nitrogens is 2. The van der Waals surface area contributed by atoms with Gasteiger partial charge >= 0.3 is 0 Å². The zero-order valence-corrected chi connectivity index (χ0v) is 14.5. The summed E-state index contributed by atoms with van der Waals surface area (Å²) < 4.78 is 11.1. The molecule has 1 amide bonds. The van der Waals surface area contributed by atoms with Crippen LogP contribution in [0.5, 0.6) is 5.75 Å². The fourth-order valence-corrected chi connectivity index (χ4v) is 2.90. The molecule has 0 aromatic carbocycles. The van der Waals surface area contributed by atoms with E-state index in [9.17, 15) is 9.90 Å². The number of ether oxygens (including phenoxy) is 1. The predicted molar refractivity (Wildman–Crippen MR) is 90.4 cm³/mol. The van der Waals surface area contributed by atoms with Crippen LogP contribution in [0, 0.1) is 6.92 Å². The van der Waals surface area contributed by atoms with Crippen LogP contribution in [0.25, 0.3) is 0 Å². The van der Waals surface area contributed by atoms with Crippen LogP contribution in [-0.2, 0) is 6.42 Å². The number of rotatable bonds is 4. The van der Waals surface area contributed by atoms with E-state index in [4.69, 9.17) is 9.26 Å². The molecule has 25 heavy (non-hydrogen) atoms. The van der Waals surface area contributed by atoms with Crippen molar-refractivity contribution in [1.82, 2.24) is 15.0 Å². The number of carbonyl (C=O) groups is 1. The highest BCUT2D eigenvalue weighted by molar-refractivity contribution is 5.92. The lowest BCUT2D eigenvalue weighted by Crippen LogP contribution is -2.33. The smallest absolute Gasteiger partial charge is 0.276 e. The second-order valence-corrected chi connectivity index (χ2v) is 6.21. The SMILES string of the molecule is CCc1cc(C(=O)N2CC[C@H](Oc3cccnc3C)[C@@H](O)CC2)no1. The van der Waals surface area contributed by atoms with Crippen LogP contribution in [0.4, 0.5) is 0 Å². The molecule has 134 valence electrons. The van der Waals surface area contributed by atoms with Gasteiger partial charge in [-0.05, 0) is 25.5 Å². The number of aryl methyl sites for hydroxylation is 2. The Morgan fingerprint density at radius 3 is 2.96 bits per heavy atom. The maximum absolute atomic E-state index is 12.6. The molecule has 1 N–H and O–H groups in total. The van der Waals surface area contributed by atoms with Crippen molar-refractivity contribution in [3.8, 4) is 5.75 Å². The second-order valence-electron chi connectivity index (χ2n) is 6.21. The molecule has 7 nitrogen and oxygen atoms in total. The molecular weight excluding hydrogens is 322 g/mol. The summed E-state index contributed by atoms with van der Waals surface area (Å²) in [5.41, 5.74) is 1.09. The number of likely N-dealkylation sites (tertiary alicyclic amines) is 1. The Labute approximate surface area is 146 Å². The van der Waals surface area contributed by atoms with Gasteiger partial charge in [-0.15, -0.1) is 0 Å². The molecule has 0 radical (unpaired) electrons. The molecule has 1 saturated heterocycles. The van der Waals surface area contributed by atoms with Crippen molar-refractivity contribution in [3.05, 3.63) is 41.5 Å². The van der Waals surface area contributed by atoms with E-state index in [0.717, 1.165) is 5.69 Å². The van der Waals surface area contributed by atoms with Crippen molar-refractivity contribution >= 4 is 5.91 Å². The number of carbonyl (C=O) groups excluding carboxylic acids is 1. The molecule has 0 saturated carbocycles. The summed E-state index contributed by atoms with van der Waals surface area (Å²) in [7, 11) is 0. The van der Waals surface area contributed by atoms with Gasteiger partial charge in [-0.3, -0.25) is 9.78 Å². The molecule has 1 aliphatic rings. The maximum Gasteiger partial charge on any atom is 0.276 e. The van der Waals surface area contributed by atoms with Gasteiger partial charge in [0.1, 0.15) is 17.6 Å². The minimum Gasteiger partial charge on any atom is -0.486 e. The van der Waals surface area contributed by atoms with Gasteiger partial charge in [-0.1, -0.05) is 12.1 Å². The molecule has 2 aromatic heterocycles. The first-order valence-corrected chi connectivity index (χ1v) is 8.59. The Morgan fingerprint density at radius 2 is 2.24 bits per heavy atom. The van der Waals surface area contributed by atoms with E-state index in [-0.39, 0.29) is 12.0 Å². The first kappa shape index (κ1) is 17.4. The second kappa shape index (κ2) is 7.65. The van der Waals surface area contributed by atoms with Gasteiger partial charge in [0.05, 0.1) is 11.8 Å². The zero-order chi connectivity index (χ0) is 17.8. The van der Waals surface area contributed by atoms with Crippen molar-refractivity contribution in [3.63, 3.8) is 0 Å². The molecule has 1 fully saturated rings. The third-order valence-electron chi connectivity index (χ3n) is 4.46. The molecule has 1 aliphatic heterocycles. The topological polar surface area (TPSA) is 88.7 Å².